The van der Waals surface area contributed by atoms with Crippen LogP contribution in [0.1, 0.15) is 0 Å². The Hall–Kier alpha value is -1.65. The zero-order valence-corrected chi connectivity index (χ0v) is 11.5. The fourth-order valence-electron chi connectivity index (χ4n) is 1.47. The van der Waals surface area contributed by atoms with Crippen molar-refractivity contribution in [3.63, 3.8) is 0 Å². The van der Waals surface area contributed by atoms with Crippen LogP contribution < -0.4 is 5.32 Å². The minimum absolute atomic E-state index is 0.138. The van der Waals surface area contributed by atoms with E-state index in [1.807, 2.05) is 12.1 Å². The Labute approximate surface area is 120 Å². The summed E-state index contributed by atoms with van der Waals surface area (Å²) < 4.78 is 0. The molecule has 2 aromatic carbocycles. The van der Waals surface area contributed by atoms with Gasteiger partial charge in [-0.05, 0) is 30.3 Å². The van der Waals surface area contributed by atoms with E-state index in [1.54, 1.807) is 36.4 Å². The molecule has 0 saturated heterocycles. The number of aromatic hydroxyl groups is 1. The van der Waals surface area contributed by atoms with Crippen molar-refractivity contribution in [1.82, 2.24) is 0 Å². The van der Waals surface area contributed by atoms with Crippen LogP contribution in [0, 0.1) is 0 Å². The number of benzene rings is 2. The lowest BCUT2D eigenvalue weighted by Crippen LogP contribution is -2.14. The highest BCUT2D eigenvalue weighted by Gasteiger charge is 2.06. The number of carbonyl (C=O) groups excluding carboxylic acids is 1. The van der Waals surface area contributed by atoms with E-state index in [0.29, 0.717) is 10.7 Å². The number of hydrogen-bond acceptors (Lipinski definition) is 3. The van der Waals surface area contributed by atoms with Crippen LogP contribution in [0.5, 0.6) is 5.75 Å². The Morgan fingerprint density at radius 3 is 2.74 bits per heavy atom. The molecule has 5 heteroatoms. The molecule has 2 rings (SSSR count). The topological polar surface area (TPSA) is 49.3 Å². The molecule has 0 aliphatic carbocycles. The van der Waals surface area contributed by atoms with Crippen LogP contribution in [0.3, 0.4) is 0 Å². The second kappa shape index (κ2) is 6.50. The number of amides is 1. The summed E-state index contributed by atoms with van der Waals surface area (Å²) in [6.45, 7) is 0. The number of thioether (sulfide) groups is 1. The molecule has 3 nitrogen and oxygen atoms in total. The minimum atomic E-state index is -0.138. The Morgan fingerprint density at radius 1 is 1.21 bits per heavy atom. The van der Waals surface area contributed by atoms with Crippen molar-refractivity contribution >= 4 is 35.0 Å². The molecule has 0 aliphatic rings. The lowest BCUT2D eigenvalue weighted by Gasteiger charge is -2.06. The summed E-state index contributed by atoms with van der Waals surface area (Å²) in [6.07, 6.45) is 0. The van der Waals surface area contributed by atoms with Crippen molar-refractivity contribution in [3.8, 4) is 5.75 Å². The highest BCUT2D eigenvalue weighted by Crippen LogP contribution is 2.23. The van der Waals surface area contributed by atoms with Crippen molar-refractivity contribution in [3.05, 3.63) is 53.6 Å². The van der Waals surface area contributed by atoms with Crippen LogP contribution in [0.15, 0.2) is 53.4 Å². The van der Waals surface area contributed by atoms with Crippen LogP contribution in [-0.2, 0) is 4.79 Å². The lowest BCUT2D eigenvalue weighted by molar-refractivity contribution is -0.113. The van der Waals surface area contributed by atoms with Gasteiger partial charge in [0.25, 0.3) is 0 Å². The highest BCUT2D eigenvalue weighted by molar-refractivity contribution is 8.00. The Balaban J connectivity index is 1.90. The molecule has 0 spiro atoms. The van der Waals surface area contributed by atoms with Gasteiger partial charge in [-0.2, -0.15) is 0 Å². The average Bonchev–Trinajstić information content (AvgIpc) is 2.39. The molecule has 0 radical (unpaired) electrons. The molecular weight excluding hydrogens is 282 g/mol. The predicted molar refractivity (Wildman–Crippen MR) is 78.9 cm³/mol. The zero-order chi connectivity index (χ0) is 13.7. The number of phenols is 1. The lowest BCUT2D eigenvalue weighted by atomic mass is 10.3. The number of phenolic OH excluding ortho intramolecular Hbond substituents is 1. The number of para-hydroxylation sites is 1. The van der Waals surface area contributed by atoms with Crippen molar-refractivity contribution in [2.45, 2.75) is 4.90 Å². The van der Waals surface area contributed by atoms with Gasteiger partial charge in [-0.15, -0.1) is 11.8 Å². The summed E-state index contributed by atoms with van der Waals surface area (Å²) in [6, 6.07) is 13.9. The summed E-state index contributed by atoms with van der Waals surface area (Å²) in [7, 11) is 0. The van der Waals surface area contributed by atoms with Gasteiger partial charge < -0.3 is 10.4 Å². The first-order chi connectivity index (χ1) is 9.15. The number of rotatable bonds is 4. The van der Waals surface area contributed by atoms with E-state index in [4.69, 9.17) is 11.6 Å². The number of hydrogen-bond donors (Lipinski definition) is 2. The molecule has 1 amide bonds. The smallest absolute Gasteiger partial charge is 0.234 e. The summed E-state index contributed by atoms with van der Waals surface area (Å²) in [5.41, 5.74) is 0.602. The van der Waals surface area contributed by atoms with E-state index in [1.165, 1.54) is 11.8 Å². The number of halogens is 1. The van der Waals surface area contributed by atoms with E-state index in [2.05, 4.69) is 5.32 Å². The molecule has 0 aliphatic heterocycles. The molecular formula is C14H12ClNO2S. The molecule has 19 heavy (non-hydrogen) atoms. The van der Waals surface area contributed by atoms with Crippen molar-refractivity contribution in [2.24, 2.45) is 0 Å². The zero-order valence-electron chi connectivity index (χ0n) is 9.97. The van der Waals surface area contributed by atoms with Gasteiger partial charge in [0.05, 0.1) is 16.5 Å². The summed E-state index contributed by atoms with van der Waals surface area (Å²) in [5, 5.41) is 12.6. The molecule has 0 atom stereocenters. The molecule has 0 heterocycles. The number of carbonyl (C=O) groups is 1. The largest absolute Gasteiger partial charge is 0.508 e. The van der Waals surface area contributed by atoms with Crippen LogP contribution in [0.25, 0.3) is 0 Å². The molecule has 2 N–H and O–H groups in total. The average molecular weight is 294 g/mol. The Morgan fingerprint density at radius 2 is 2.00 bits per heavy atom. The fraction of sp³-hybridized carbons (Fsp3) is 0.0714. The first-order valence-electron chi connectivity index (χ1n) is 5.61. The standard InChI is InChI=1S/C14H12ClNO2S/c15-12-6-1-2-7-13(12)16-14(18)9-19-11-5-3-4-10(17)8-11/h1-8,17H,9H2,(H,16,18). The van der Waals surface area contributed by atoms with Gasteiger partial charge in [0.2, 0.25) is 5.91 Å². The van der Waals surface area contributed by atoms with Gasteiger partial charge >= 0.3 is 0 Å². The van der Waals surface area contributed by atoms with Crippen LogP contribution in [0.4, 0.5) is 5.69 Å². The third-order valence-electron chi connectivity index (χ3n) is 2.34. The molecule has 98 valence electrons. The predicted octanol–water partition coefficient (Wildman–Crippen LogP) is 3.78. The first-order valence-corrected chi connectivity index (χ1v) is 6.98. The Bertz CT molecular complexity index is 589. The van der Waals surface area contributed by atoms with E-state index in [9.17, 15) is 9.90 Å². The minimum Gasteiger partial charge on any atom is -0.508 e. The first kappa shape index (κ1) is 13.8. The molecule has 0 saturated carbocycles. The summed E-state index contributed by atoms with van der Waals surface area (Å²) in [5.74, 6) is 0.312. The van der Waals surface area contributed by atoms with Gasteiger partial charge in [-0.25, -0.2) is 0 Å². The van der Waals surface area contributed by atoms with E-state index >= 15 is 0 Å². The van der Waals surface area contributed by atoms with Crippen LogP contribution >= 0.6 is 23.4 Å². The van der Waals surface area contributed by atoms with Gasteiger partial charge in [-0.1, -0.05) is 29.8 Å². The van der Waals surface area contributed by atoms with Crippen molar-refractivity contribution < 1.29 is 9.90 Å². The maximum absolute atomic E-state index is 11.8. The molecule has 0 aromatic heterocycles. The van der Waals surface area contributed by atoms with Gasteiger partial charge in [0.1, 0.15) is 5.75 Å². The fourth-order valence-corrected chi connectivity index (χ4v) is 2.40. The van der Waals surface area contributed by atoms with Gasteiger partial charge in [-0.3, -0.25) is 4.79 Å². The Kier molecular flexibility index (Phi) is 4.71. The summed E-state index contributed by atoms with van der Waals surface area (Å²) in [4.78, 5) is 12.6. The SMILES string of the molecule is O=C(CSc1cccc(O)c1)Nc1ccccc1Cl. The molecule has 0 fully saturated rings. The van der Waals surface area contributed by atoms with Crippen molar-refractivity contribution in [2.75, 3.05) is 11.1 Å². The monoisotopic (exact) mass is 293 g/mol. The third kappa shape index (κ3) is 4.19. The maximum Gasteiger partial charge on any atom is 0.234 e. The van der Waals surface area contributed by atoms with Gasteiger partial charge in [0.15, 0.2) is 0 Å². The second-order valence-electron chi connectivity index (χ2n) is 3.81. The van der Waals surface area contributed by atoms with Gasteiger partial charge in [0, 0.05) is 4.90 Å². The third-order valence-corrected chi connectivity index (χ3v) is 3.66. The highest BCUT2D eigenvalue weighted by atomic mass is 35.5. The summed E-state index contributed by atoms with van der Waals surface area (Å²) >= 11 is 7.30. The molecule has 2 aromatic rings. The molecule has 0 unspecified atom stereocenters. The number of anilines is 1. The maximum atomic E-state index is 11.8. The molecule has 0 bridgehead atoms. The normalized spacial score (nSPS) is 10.2. The van der Waals surface area contributed by atoms with Crippen LogP contribution in [0.2, 0.25) is 5.02 Å². The number of nitrogens with one attached hydrogen (secondary N) is 1. The van der Waals surface area contributed by atoms with Crippen LogP contribution in [-0.4, -0.2) is 16.8 Å². The quantitative estimate of drug-likeness (QED) is 0.844. The van der Waals surface area contributed by atoms with E-state index in [-0.39, 0.29) is 17.4 Å². The van der Waals surface area contributed by atoms with Crippen molar-refractivity contribution in [1.29, 1.82) is 0 Å². The second-order valence-corrected chi connectivity index (χ2v) is 5.27. The van der Waals surface area contributed by atoms with E-state index in [0.717, 1.165) is 4.90 Å². The van der Waals surface area contributed by atoms with E-state index < -0.39 is 0 Å².